The van der Waals surface area contributed by atoms with E-state index in [9.17, 15) is 0 Å². The first-order chi connectivity index (χ1) is 13.4. The van der Waals surface area contributed by atoms with Gasteiger partial charge in [-0.15, -0.1) is 0 Å². The molecule has 0 saturated heterocycles. The van der Waals surface area contributed by atoms with Crippen molar-refractivity contribution in [2.45, 2.75) is 27.7 Å². The standard InChI is InChI=1S/2C11H14OS2.Ni/c1-3-12-9-5-4-8(2)10(6-9)11(14)7-13;1-3-12-10-5-4-8(2)6-9(10)11(14)7-13;/h2*4-7,13-14H,3H2,1-2H3;/p-4/b2*11-7-;. The third-order valence-electron chi connectivity index (χ3n) is 3.70. The summed E-state index contributed by atoms with van der Waals surface area (Å²) in [5.41, 5.74) is 4.18. The molecule has 0 atom stereocenters. The Kier molecular flexibility index (Phi) is 14.2. The summed E-state index contributed by atoms with van der Waals surface area (Å²) in [7, 11) is 0. The average molecular weight is 507 g/mol. The van der Waals surface area contributed by atoms with Crippen molar-refractivity contribution in [2.24, 2.45) is 0 Å². The van der Waals surface area contributed by atoms with Crippen LogP contribution in [-0.4, -0.2) is 13.2 Å². The quantitative estimate of drug-likeness (QED) is 0.374. The Morgan fingerprint density at radius 3 is 1.97 bits per heavy atom. The number of benzene rings is 2. The van der Waals surface area contributed by atoms with Crippen molar-refractivity contribution in [2.75, 3.05) is 13.2 Å². The molecular weight excluding hydrogens is 483 g/mol. The van der Waals surface area contributed by atoms with Gasteiger partial charge < -0.3 is 60.0 Å². The molecule has 0 aliphatic carbocycles. The molecule has 2 rings (SSSR count). The van der Waals surface area contributed by atoms with E-state index in [0.29, 0.717) is 23.0 Å². The molecule has 162 valence electrons. The molecule has 0 N–H and O–H groups in total. The van der Waals surface area contributed by atoms with Crippen LogP contribution in [0.2, 0.25) is 0 Å². The van der Waals surface area contributed by atoms with Crippen LogP contribution in [0.5, 0.6) is 11.5 Å². The van der Waals surface area contributed by atoms with Crippen LogP contribution in [0.3, 0.4) is 0 Å². The van der Waals surface area contributed by atoms with Gasteiger partial charge in [0.1, 0.15) is 11.5 Å². The molecule has 0 unspecified atom stereocenters. The summed E-state index contributed by atoms with van der Waals surface area (Å²) in [6.07, 6.45) is 0. The van der Waals surface area contributed by atoms with E-state index in [1.807, 2.05) is 64.1 Å². The van der Waals surface area contributed by atoms with Crippen molar-refractivity contribution in [3.05, 3.63) is 69.5 Å². The van der Waals surface area contributed by atoms with E-state index in [-0.39, 0.29) is 16.5 Å². The second kappa shape index (κ2) is 14.8. The molecule has 0 fully saturated rings. The Morgan fingerprint density at radius 2 is 1.41 bits per heavy atom. The number of hydrogen-bond donors (Lipinski definition) is 0. The maximum Gasteiger partial charge on any atom is 0.124 e. The Labute approximate surface area is 207 Å². The van der Waals surface area contributed by atoms with Gasteiger partial charge in [-0.25, -0.2) is 10.8 Å². The van der Waals surface area contributed by atoms with Gasteiger partial charge in [0.2, 0.25) is 0 Å². The van der Waals surface area contributed by atoms with Gasteiger partial charge in [-0.05, 0) is 68.7 Å². The van der Waals surface area contributed by atoms with E-state index in [1.165, 1.54) is 10.8 Å². The average Bonchev–Trinajstić information content (AvgIpc) is 2.70. The minimum absolute atomic E-state index is 0. The molecule has 2 aromatic rings. The summed E-state index contributed by atoms with van der Waals surface area (Å²) < 4.78 is 10.8. The molecule has 0 bridgehead atoms. The van der Waals surface area contributed by atoms with Gasteiger partial charge in [-0.2, -0.15) is 9.81 Å². The molecule has 0 spiro atoms. The van der Waals surface area contributed by atoms with Crippen LogP contribution in [0.25, 0.3) is 9.81 Å². The molecular formula is C22H24NiO2S4-4. The fourth-order valence-corrected chi connectivity index (χ4v) is 3.00. The molecule has 0 saturated carbocycles. The summed E-state index contributed by atoms with van der Waals surface area (Å²) >= 11 is 19.9. The molecule has 7 heteroatoms. The van der Waals surface area contributed by atoms with Crippen LogP contribution in [0, 0.1) is 13.8 Å². The molecule has 2 aromatic carbocycles. The van der Waals surface area contributed by atoms with Gasteiger partial charge in [0.15, 0.2) is 0 Å². The topological polar surface area (TPSA) is 18.5 Å². The predicted molar refractivity (Wildman–Crippen MR) is 130 cm³/mol. The SMILES string of the molecule is CCOc1ccc(C)c(/C([S-])=C/[S-])c1.CCOc1ccc(C)cc1/C([S-])=C/[S-].[Ni]. The molecule has 0 aliphatic rings. The second-order valence-corrected chi connectivity index (χ2v) is 7.16. The molecule has 0 heterocycles. The van der Waals surface area contributed by atoms with Crippen LogP contribution in [-0.2, 0) is 67.0 Å². The summed E-state index contributed by atoms with van der Waals surface area (Å²) in [6, 6.07) is 11.8. The molecule has 0 amide bonds. The van der Waals surface area contributed by atoms with Gasteiger partial charge >= 0.3 is 0 Å². The first kappa shape index (κ1) is 27.9. The fraction of sp³-hybridized carbons (Fsp3) is 0.273. The Morgan fingerprint density at radius 1 is 0.828 bits per heavy atom. The summed E-state index contributed by atoms with van der Waals surface area (Å²) in [5, 5.41) is 3.03. The van der Waals surface area contributed by atoms with Gasteiger partial charge in [-0.3, -0.25) is 0 Å². The maximum absolute atomic E-state index is 5.46. The van der Waals surface area contributed by atoms with E-state index < -0.39 is 0 Å². The van der Waals surface area contributed by atoms with E-state index in [4.69, 9.17) is 60.0 Å². The van der Waals surface area contributed by atoms with Gasteiger partial charge in [0.05, 0.1) is 13.2 Å². The summed E-state index contributed by atoms with van der Waals surface area (Å²) in [4.78, 5) is 1.35. The minimum atomic E-state index is 0. The van der Waals surface area contributed by atoms with Crippen molar-refractivity contribution in [3.63, 3.8) is 0 Å². The monoisotopic (exact) mass is 506 g/mol. The largest absolute Gasteiger partial charge is 0.789 e. The van der Waals surface area contributed by atoms with Crippen molar-refractivity contribution in [1.82, 2.24) is 0 Å². The van der Waals surface area contributed by atoms with Crippen molar-refractivity contribution in [1.29, 1.82) is 0 Å². The van der Waals surface area contributed by atoms with E-state index in [1.54, 1.807) is 0 Å². The molecule has 29 heavy (non-hydrogen) atoms. The Hall–Kier alpha value is -1.11. The van der Waals surface area contributed by atoms with E-state index >= 15 is 0 Å². The first-order valence-electron chi connectivity index (χ1n) is 8.83. The fourth-order valence-electron chi connectivity index (χ4n) is 2.37. The van der Waals surface area contributed by atoms with Crippen LogP contribution < -0.4 is 9.47 Å². The zero-order valence-corrected chi connectivity index (χ0v) is 21.1. The summed E-state index contributed by atoms with van der Waals surface area (Å²) in [5.74, 6) is 1.65. The normalized spacial score (nSPS) is 11.0. The Bertz CT molecular complexity index is 836. The van der Waals surface area contributed by atoms with Crippen LogP contribution in [0.1, 0.15) is 36.1 Å². The van der Waals surface area contributed by atoms with E-state index in [2.05, 4.69) is 0 Å². The predicted octanol–water partition coefficient (Wildman–Crippen LogP) is 5.57. The third kappa shape index (κ3) is 9.06. The first-order valence-corrected chi connectivity index (χ1v) is 10.6. The third-order valence-corrected chi connectivity index (χ3v) is 5.15. The van der Waals surface area contributed by atoms with Crippen molar-refractivity contribution in [3.8, 4) is 11.5 Å². The van der Waals surface area contributed by atoms with Crippen LogP contribution in [0.15, 0.2) is 47.2 Å². The number of ether oxygens (including phenoxy) is 2. The van der Waals surface area contributed by atoms with Gasteiger partial charge in [0, 0.05) is 16.5 Å². The Balaban J connectivity index is 0.000000523. The molecule has 0 aromatic heterocycles. The zero-order valence-electron chi connectivity index (χ0n) is 16.8. The van der Waals surface area contributed by atoms with Gasteiger partial charge in [0.25, 0.3) is 0 Å². The maximum atomic E-state index is 5.46. The number of aryl methyl sites for hydroxylation is 2. The van der Waals surface area contributed by atoms with Crippen LogP contribution >= 0.6 is 0 Å². The molecule has 0 aliphatic heterocycles. The zero-order chi connectivity index (χ0) is 21.1. The van der Waals surface area contributed by atoms with Crippen LogP contribution in [0.4, 0.5) is 0 Å². The molecule has 0 radical (unpaired) electrons. The van der Waals surface area contributed by atoms with E-state index in [0.717, 1.165) is 33.8 Å². The number of rotatable bonds is 6. The van der Waals surface area contributed by atoms with Gasteiger partial charge in [-0.1, -0.05) is 17.7 Å². The van der Waals surface area contributed by atoms with Crippen molar-refractivity contribution >= 4 is 60.3 Å². The summed E-state index contributed by atoms with van der Waals surface area (Å²) in [6.45, 7) is 9.23. The van der Waals surface area contributed by atoms with Crippen molar-refractivity contribution < 1.29 is 26.0 Å². The molecule has 2 nitrogen and oxygen atoms in total. The second-order valence-electron chi connectivity index (χ2n) is 5.81. The number of hydrogen-bond acceptors (Lipinski definition) is 6. The minimum Gasteiger partial charge on any atom is -0.789 e. The smallest absolute Gasteiger partial charge is 0.124 e.